The minimum atomic E-state index is -4.93. The highest BCUT2D eigenvalue weighted by atomic mass is 35.5. The first-order valence-corrected chi connectivity index (χ1v) is 11.6. The number of benzene rings is 2. The average Bonchev–Trinajstić information content (AvgIpc) is 2.73. The van der Waals surface area contributed by atoms with Gasteiger partial charge < -0.3 is 0 Å². The van der Waals surface area contributed by atoms with Crippen molar-refractivity contribution in [2.24, 2.45) is 0 Å². The van der Waals surface area contributed by atoms with E-state index in [2.05, 4.69) is 4.98 Å². The summed E-state index contributed by atoms with van der Waals surface area (Å²) >= 11 is 60.6. The van der Waals surface area contributed by atoms with Gasteiger partial charge in [0.05, 0.1) is 61.5 Å². The summed E-state index contributed by atoms with van der Waals surface area (Å²) in [5.74, 6) is 0. The molecule has 1 aromatic heterocycles. The van der Waals surface area contributed by atoms with Crippen LogP contribution in [0.1, 0.15) is 5.56 Å². The van der Waals surface area contributed by atoms with Crippen LogP contribution in [0.4, 0.5) is 13.2 Å². The van der Waals surface area contributed by atoms with Gasteiger partial charge in [0.15, 0.2) is 0 Å². The molecule has 0 aliphatic carbocycles. The minimum absolute atomic E-state index is 0.110. The Morgan fingerprint density at radius 1 is 0.531 bits per heavy atom. The zero-order valence-corrected chi connectivity index (χ0v) is 22.1. The van der Waals surface area contributed by atoms with E-state index in [1.54, 1.807) is 0 Å². The van der Waals surface area contributed by atoms with Gasteiger partial charge in [-0.2, -0.15) is 13.2 Å². The predicted molar refractivity (Wildman–Crippen MR) is 130 cm³/mol. The van der Waals surface area contributed by atoms with Crippen LogP contribution in [0.15, 0.2) is 12.3 Å². The standard InChI is InChI=1S/C18H2Cl10F3N/c19-7-5(8(20)12(24)15(27)11(7)23)3-1-4(18(29,30)31)17(32-2-3)6-9(21)13(25)16(28)14(26)10(6)22/h1-2H. The van der Waals surface area contributed by atoms with Crippen LogP contribution in [0.3, 0.4) is 0 Å². The van der Waals surface area contributed by atoms with Crippen LogP contribution in [0.25, 0.3) is 22.4 Å². The van der Waals surface area contributed by atoms with Crippen LogP contribution >= 0.6 is 116 Å². The third kappa shape index (κ3) is 4.58. The third-order valence-corrected chi connectivity index (χ3v) is 8.69. The van der Waals surface area contributed by atoms with Gasteiger partial charge in [-0.05, 0) is 6.07 Å². The van der Waals surface area contributed by atoms with E-state index in [1.165, 1.54) is 0 Å². The Bertz CT molecular complexity index is 1220. The van der Waals surface area contributed by atoms with Crippen molar-refractivity contribution < 1.29 is 13.2 Å². The van der Waals surface area contributed by atoms with E-state index in [4.69, 9.17) is 116 Å². The Kier molecular flexibility index (Phi) is 8.18. The molecular formula is C18H2Cl10F3N. The van der Waals surface area contributed by atoms with E-state index >= 15 is 0 Å². The van der Waals surface area contributed by atoms with Crippen molar-refractivity contribution in [3.05, 3.63) is 68.1 Å². The molecule has 0 N–H and O–H groups in total. The van der Waals surface area contributed by atoms with Crippen LogP contribution in [0.2, 0.25) is 50.2 Å². The van der Waals surface area contributed by atoms with Gasteiger partial charge in [-0.25, -0.2) is 0 Å². The van der Waals surface area contributed by atoms with Crippen LogP contribution in [0, 0.1) is 0 Å². The lowest BCUT2D eigenvalue weighted by molar-refractivity contribution is -0.137. The predicted octanol–water partition coefficient (Wildman–Crippen LogP) is 12.0. The number of hydrogen-bond acceptors (Lipinski definition) is 1. The molecule has 2 aromatic carbocycles. The number of hydrogen-bond donors (Lipinski definition) is 0. The van der Waals surface area contributed by atoms with Gasteiger partial charge in [-0.3, -0.25) is 4.98 Å². The summed E-state index contributed by atoms with van der Waals surface area (Å²) in [5, 5.41) is -2.53. The SMILES string of the molecule is FC(F)(F)c1cc(-c2c(Cl)c(Cl)c(Cl)c(Cl)c2Cl)cnc1-c1c(Cl)c(Cl)c(Cl)c(Cl)c1Cl. The van der Waals surface area contributed by atoms with Gasteiger partial charge in [0.2, 0.25) is 0 Å². The van der Waals surface area contributed by atoms with Gasteiger partial charge in [-0.1, -0.05) is 116 Å². The summed E-state index contributed by atoms with van der Waals surface area (Å²) in [5.41, 5.74) is -2.54. The first-order valence-electron chi connectivity index (χ1n) is 7.80. The number of aromatic nitrogens is 1. The summed E-state index contributed by atoms with van der Waals surface area (Å²) in [6.45, 7) is 0. The summed E-state index contributed by atoms with van der Waals surface area (Å²) in [7, 11) is 0. The molecule has 170 valence electrons. The molecule has 1 nitrogen and oxygen atoms in total. The summed E-state index contributed by atoms with van der Waals surface area (Å²) in [4.78, 5) is 3.90. The lowest BCUT2D eigenvalue weighted by Gasteiger charge is -2.19. The van der Waals surface area contributed by atoms with Crippen molar-refractivity contribution in [3.63, 3.8) is 0 Å². The largest absolute Gasteiger partial charge is 0.418 e. The Balaban J connectivity index is 2.41. The third-order valence-electron chi connectivity index (χ3n) is 4.14. The molecule has 3 aromatic rings. The van der Waals surface area contributed by atoms with E-state index < -0.39 is 17.4 Å². The molecule has 1 heterocycles. The average molecular weight is 644 g/mol. The molecule has 0 fully saturated rings. The summed E-state index contributed by atoms with van der Waals surface area (Å²) in [6.07, 6.45) is -3.89. The van der Waals surface area contributed by atoms with Crippen LogP contribution in [-0.2, 0) is 6.18 Å². The molecule has 0 spiro atoms. The normalized spacial score (nSPS) is 11.9. The topological polar surface area (TPSA) is 12.9 Å². The molecule has 32 heavy (non-hydrogen) atoms. The highest BCUT2D eigenvalue weighted by molar-refractivity contribution is 6.57. The van der Waals surface area contributed by atoms with Gasteiger partial charge >= 0.3 is 6.18 Å². The molecular weight excluding hydrogens is 642 g/mol. The molecule has 0 amide bonds. The van der Waals surface area contributed by atoms with Crippen molar-refractivity contribution >= 4 is 116 Å². The van der Waals surface area contributed by atoms with Crippen molar-refractivity contribution in [1.29, 1.82) is 0 Å². The van der Waals surface area contributed by atoms with Crippen LogP contribution < -0.4 is 0 Å². The Morgan fingerprint density at radius 2 is 0.875 bits per heavy atom. The Labute approximate surface area is 229 Å². The molecule has 3 rings (SSSR count). The van der Waals surface area contributed by atoms with E-state index in [-0.39, 0.29) is 66.9 Å². The molecule has 14 heteroatoms. The molecule has 0 aliphatic rings. The van der Waals surface area contributed by atoms with Gasteiger partial charge in [0.25, 0.3) is 0 Å². The lowest BCUT2D eigenvalue weighted by atomic mass is 10.00. The fraction of sp³-hybridized carbons (Fsp3) is 0.0556. The number of pyridine rings is 1. The van der Waals surface area contributed by atoms with Gasteiger partial charge in [0.1, 0.15) is 0 Å². The zero-order valence-electron chi connectivity index (χ0n) is 14.5. The maximum atomic E-state index is 14.0. The molecule has 0 aliphatic heterocycles. The smallest absolute Gasteiger partial charge is 0.255 e. The van der Waals surface area contributed by atoms with E-state index in [0.717, 1.165) is 12.3 Å². The fourth-order valence-electron chi connectivity index (χ4n) is 2.69. The first kappa shape index (κ1) is 26.9. The number of nitrogens with zero attached hydrogens (tertiary/aromatic N) is 1. The Morgan fingerprint density at radius 3 is 1.25 bits per heavy atom. The molecule has 0 saturated heterocycles. The molecule has 0 radical (unpaired) electrons. The molecule has 0 bridgehead atoms. The van der Waals surface area contributed by atoms with Crippen molar-refractivity contribution in [3.8, 4) is 22.4 Å². The number of rotatable bonds is 2. The lowest BCUT2D eigenvalue weighted by Crippen LogP contribution is -2.10. The van der Waals surface area contributed by atoms with E-state index in [1.807, 2.05) is 0 Å². The highest BCUT2D eigenvalue weighted by Crippen LogP contribution is 2.52. The molecule has 0 saturated carbocycles. The minimum Gasteiger partial charge on any atom is -0.255 e. The molecule has 0 atom stereocenters. The van der Waals surface area contributed by atoms with Crippen LogP contribution in [0.5, 0.6) is 0 Å². The summed E-state index contributed by atoms with van der Waals surface area (Å²) < 4.78 is 42.1. The summed E-state index contributed by atoms with van der Waals surface area (Å²) in [6, 6.07) is 0.721. The number of halogens is 13. The highest BCUT2D eigenvalue weighted by Gasteiger charge is 2.37. The van der Waals surface area contributed by atoms with Crippen molar-refractivity contribution in [1.82, 2.24) is 4.98 Å². The van der Waals surface area contributed by atoms with Gasteiger partial charge in [-0.15, -0.1) is 0 Å². The second kappa shape index (κ2) is 9.73. The fourth-order valence-corrected chi connectivity index (χ4v) is 5.36. The first-order chi connectivity index (χ1) is 14.7. The van der Waals surface area contributed by atoms with Crippen molar-refractivity contribution in [2.45, 2.75) is 6.18 Å². The molecule has 0 unspecified atom stereocenters. The van der Waals surface area contributed by atoms with E-state index in [0.29, 0.717) is 0 Å². The van der Waals surface area contributed by atoms with Gasteiger partial charge in [0, 0.05) is 22.9 Å². The van der Waals surface area contributed by atoms with Crippen LogP contribution in [-0.4, -0.2) is 4.98 Å². The van der Waals surface area contributed by atoms with E-state index in [9.17, 15) is 13.2 Å². The monoisotopic (exact) mass is 639 g/mol. The maximum absolute atomic E-state index is 14.0. The zero-order chi connectivity index (χ0) is 24.3. The quantitative estimate of drug-likeness (QED) is 0.200. The Hall–Kier alpha value is 0.280. The maximum Gasteiger partial charge on any atom is 0.418 e. The second-order valence-corrected chi connectivity index (χ2v) is 9.79. The number of alkyl halides is 3. The van der Waals surface area contributed by atoms with Crippen molar-refractivity contribution in [2.75, 3.05) is 0 Å². The second-order valence-electron chi connectivity index (χ2n) is 6.01.